The van der Waals surface area contributed by atoms with E-state index in [1.165, 1.54) is 14.2 Å². The molecule has 196 valence electrons. The predicted molar refractivity (Wildman–Crippen MR) is 126 cm³/mol. The number of hydrogen-bond acceptors (Lipinski definition) is 6. The van der Waals surface area contributed by atoms with Crippen molar-refractivity contribution in [1.82, 2.24) is 5.32 Å². The van der Waals surface area contributed by atoms with Gasteiger partial charge in [0.25, 0.3) is 5.91 Å². The molecule has 1 aliphatic heterocycles. The number of hydrogen-bond donors (Lipinski definition) is 4. The van der Waals surface area contributed by atoms with Crippen molar-refractivity contribution in [2.45, 2.75) is 25.4 Å². The third-order valence-corrected chi connectivity index (χ3v) is 5.26. The average molecular weight is 511 g/mol. The Labute approximate surface area is 206 Å². The lowest BCUT2D eigenvalue weighted by Gasteiger charge is -2.16. The van der Waals surface area contributed by atoms with Crippen LogP contribution >= 0.6 is 0 Å². The Morgan fingerprint density at radius 3 is 2.06 bits per heavy atom. The van der Waals surface area contributed by atoms with Crippen LogP contribution in [0.5, 0.6) is 11.5 Å². The Morgan fingerprint density at radius 2 is 1.58 bits per heavy atom. The Bertz CT molecular complexity index is 1040. The molecule has 1 heterocycles. The third kappa shape index (κ3) is 8.77. The van der Waals surface area contributed by atoms with Crippen LogP contribution < -0.4 is 25.4 Å². The number of carbonyl (C=O) groups excluding carboxylic acids is 2. The molecule has 0 saturated carbocycles. The van der Waals surface area contributed by atoms with E-state index in [-0.39, 0.29) is 11.8 Å². The number of methoxy groups -OCH3 is 2. The summed E-state index contributed by atoms with van der Waals surface area (Å²) in [5.41, 5.74) is 1.51. The van der Waals surface area contributed by atoms with Crippen molar-refractivity contribution in [3.8, 4) is 11.5 Å². The first-order valence-electron chi connectivity index (χ1n) is 11.0. The fourth-order valence-electron chi connectivity index (χ4n) is 3.39. The minimum atomic E-state index is -5.08. The fraction of sp³-hybridized carbons (Fsp3) is 0.375. The highest BCUT2D eigenvalue weighted by molar-refractivity contribution is 6.05. The van der Waals surface area contributed by atoms with E-state index >= 15 is 0 Å². The maximum Gasteiger partial charge on any atom is 0.490 e. The Hall–Kier alpha value is -3.80. The zero-order chi connectivity index (χ0) is 26.7. The van der Waals surface area contributed by atoms with Gasteiger partial charge in [-0.2, -0.15) is 13.2 Å². The number of carboxylic acid groups (broad SMARTS) is 1. The van der Waals surface area contributed by atoms with Gasteiger partial charge in [0.05, 0.1) is 25.6 Å². The average Bonchev–Trinajstić information content (AvgIpc) is 3.37. The van der Waals surface area contributed by atoms with Crippen molar-refractivity contribution in [3.05, 3.63) is 48.0 Å². The Morgan fingerprint density at radius 1 is 1.03 bits per heavy atom. The van der Waals surface area contributed by atoms with Crippen LogP contribution in [0, 0.1) is 5.92 Å². The number of ether oxygens (including phenoxy) is 2. The van der Waals surface area contributed by atoms with Gasteiger partial charge in [-0.05, 0) is 44.0 Å². The number of alkyl halides is 3. The Kier molecular flexibility index (Phi) is 10.5. The largest absolute Gasteiger partial charge is 0.494 e. The van der Waals surface area contributed by atoms with E-state index in [0.29, 0.717) is 40.8 Å². The number of amides is 2. The molecule has 1 aliphatic rings. The van der Waals surface area contributed by atoms with E-state index in [2.05, 4.69) is 16.0 Å². The number of rotatable bonds is 8. The summed E-state index contributed by atoms with van der Waals surface area (Å²) < 4.78 is 42.6. The minimum Gasteiger partial charge on any atom is -0.494 e. The van der Waals surface area contributed by atoms with Gasteiger partial charge in [-0.15, -0.1) is 0 Å². The SMILES string of the molecule is COc1cc(NC(=O)c2ccccc2)c(OC)cc1NC(=O)CCC1CCNC1.O=C(O)C(F)(F)F. The number of halogens is 3. The summed E-state index contributed by atoms with van der Waals surface area (Å²) in [7, 11) is 3.03. The number of benzene rings is 2. The van der Waals surface area contributed by atoms with Crippen molar-refractivity contribution in [2.75, 3.05) is 37.9 Å². The standard InChI is InChI=1S/C22H27N3O4.C2HF3O2/c1-28-19-13-18(25-22(27)16-6-4-3-5-7-16)20(29-2)12-17(19)24-21(26)9-8-15-10-11-23-14-15;3-2(4,5)1(6)7/h3-7,12-13,15,23H,8-11,14H2,1-2H3,(H,24,26)(H,25,27);(H,6,7). The maximum atomic E-state index is 12.5. The molecule has 2 aromatic carbocycles. The monoisotopic (exact) mass is 511 g/mol. The second-order valence-corrected chi connectivity index (χ2v) is 7.82. The molecular formula is C24H28F3N3O6. The molecule has 36 heavy (non-hydrogen) atoms. The zero-order valence-corrected chi connectivity index (χ0v) is 19.8. The molecule has 1 unspecified atom stereocenters. The summed E-state index contributed by atoms with van der Waals surface area (Å²) in [6, 6.07) is 12.2. The molecule has 0 aromatic heterocycles. The second-order valence-electron chi connectivity index (χ2n) is 7.82. The van der Waals surface area contributed by atoms with Gasteiger partial charge < -0.3 is 30.5 Å². The van der Waals surface area contributed by atoms with Gasteiger partial charge in [-0.3, -0.25) is 9.59 Å². The summed E-state index contributed by atoms with van der Waals surface area (Å²) >= 11 is 0. The minimum absolute atomic E-state index is 0.0710. The van der Waals surface area contributed by atoms with Crippen LogP contribution in [0.3, 0.4) is 0 Å². The van der Waals surface area contributed by atoms with Gasteiger partial charge >= 0.3 is 12.1 Å². The van der Waals surface area contributed by atoms with Crippen LogP contribution in [0.1, 0.15) is 29.6 Å². The van der Waals surface area contributed by atoms with Gasteiger partial charge in [-0.1, -0.05) is 18.2 Å². The molecule has 9 nitrogen and oxygen atoms in total. The molecule has 0 aliphatic carbocycles. The molecule has 1 saturated heterocycles. The van der Waals surface area contributed by atoms with Gasteiger partial charge in [0.15, 0.2) is 0 Å². The first-order valence-corrected chi connectivity index (χ1v) is 11.0. The molecule has 0 spiro atoms. The summed E-state index contributed by atoms with van der Waals surface area (Å²) in [5.74, 6) is -1.65. The molecule has 2 aromatic rings. The van der Waals surface area contributed by atoms with E-state index < -0.39 is 12.1 Å². The van der Waals surface area contributed by atoms with Crippen LogP contribution in [0.2, 0.25) is 0 Å². The third-order valence-electron chi connectivity index (χ3n) is 5.26. The highest BCUT2D eigenvalue weighted by atomic mass is 19.4. The lowest BCUT2D eigenvalue weighted by atomic mass is 10.0. The van der Waals surface area contributed by atoms with Crippen LogP contribution in [0.15, 0.2) is 42.5 Å². The van der Waals surface area contributed by atoms with Crippen molar-refractivity contribution in [3.63, 3.8) is 0 Å². The smallest absolute Gasteiger partial charge is 0.490 e. The van der Waals surface area contributed by atoms with Crippen molar-refractivity contribution in [1.29, 1.82) is 0 Å². The summed E-state index contributed by atoms with van der Waals surface area (Å²) in [5, 5.41) is 16.2. The number of carbonyl (C=O) groups is 3. The highest BCUT2D eigenvalue weighted by Crippen LogP contribution is 2.37. The molecule has 0 radical (unpaired) electrons. The molecule has 0 bridgehead atoms. The van der Waals surface area contributed by atoms with E-state index in [1.54, 1.807) is 36.4 Å². The van der Waals surface area contributed by atoms with Crippen molar-refractivity contribution < 1.29 is 42.1 Å². The number of carboxylic acids is 1. The molecule has 2 amide bonds. The van der Waals surface area contributed by atoms with Crippen LogP contribution in [0.25, 0.3) is 0 Å². The maximum absolute atomic E-state index is 12.5. The van der Waals surface area contributed by atoms with Gasteiger partial charge in [0, 0.05) is 24.1 Å². The molecule has 3 rings (SSSR count). The van der Waals surface area contributed by atoms with Gasteiger partial charge in [-0.25, -0.2) is 4.79 Å². The number of nitrogens with one attached hydrogen (secondary N) is 3. The van der Waals surface area contributed by atoms with E-state index in [4.69, 9.17) is 19.4 Å². The number of aliphatic carboxylic acids is 1. The topological polar surface area (TPSA) is 126 Å². The first kappa shape index (κ1) is 28.4. The zero-order valence-electron chi connectivity index (χ0n) is 19.8. The fourth-order valence-corrected chi connectivity index (χ4v) is 3.39. The van der Waals surface area contributed by atoms with Crippen LogP contribution in [0.4, 0.5) is 24.5 Å². The van der Waals surface area contributed by atoms with Gasteiger partial charge in [0.1, 0.15) is 11.5 Å². The van der Waals surface area contributed by atoms with Crippen LogP contribution in [-0.4, -0.2) is 56.4 Å². The Balaban J connectivity index is 0.000000572. The van der Waals surface area contributed by atoms with Crippen molar-refractivity contribution in [2.24, 2.45) is 5.92 Å². The molecular weight excluding hydrogens is 483 g/mol. The van der Waals surface area contributed by atoms with Crippen molar-refractivity contribution >= 4 is 29.2 Å². The normalized spacial score (nSPS) is 14.8. The highest BCUT2D eigenvalue weighted by Gasteiger charge is 2.38. The predicted octanol–water partition coefficient (Wildman–Crippen LogP) is 3.92. The molecule has 1 atom stereocenters. The summed E-state index contributed by atoms with van der Waals surface area (Å²) in [6.45, 7) is 1.99. The summed E-state index contributed by atoms with van der Waals surface area (Å²) in [4.78, 5) is 33.8. The lowest BCUT2D eigenvalue weighted by Crippen LogP contribution is -2.21. The quantitative estimate of drug-likeness (QED) is 0.423. The van der Waals surface area contributed by atoms with E-state index in [9.17, 15) is 22.8 Å². The lowest BCUT2D eigenvalue weighted by molar-refractivity contribution is -0.192. The molecule has 1 fully saturated rings. The number of anilines is 2. The first-order chi connectivity index (χ1) is 17.0. The van der Waals surface area contributed by atoms with Crippen LogP contribution in [-0.2, 0) is 9.59 Å². The molecule has 12 heteroatoms. The summed E-state index contributed by atoms with van der Waals surface area (Å²) in [6.07, 6.45) is -2.67. The molecule has 4 N–H and O–H groups in total. The van der Waals surface area contributed by atoms with Gasteiger partial charge in [0.2, 0.25) is 5.91 Å². The van der Waals surface area contributed by atoms with E-state index in [0.717, 1.165) is 25.9 Å². The van der Waals surface area contributed by atoms with E-state index in [1.807, 2.05) is 6.07 Å². The second kappa shape index (κ2) is 13.3.